The molecule has 0 amide bonds. The first-order chi connectivity index (χ1) is 5.37. The Kier molecular flexibility index (Phi) is 5.54. The molecule has 12 heavy (non-hydrogen) atoms. The lowest BCUT2D eigenvalue weighted by molar-refractivity contribution is -0.0335. The predicted molar refractivity (Wildman–Crippen MR) is 52.1 cm³/mol. The minimum Gasteiger partial charge on any atom is -0.343 e. The Labute approximate surface area is 92.0 Å². The molecule has 0 aromatic rings. The first-order valence-corrected chi connectivity index (χ1v) is 4.92. The van der Waals surface area contributed by atoms with Gasteiger partial charge in [-0.1, -0.05) is 46.4 Å². The van der Waals surface area contributed by atoms with Gasteiger partial charge in [0, 0.05) is 13.2 Å². The fraction of sp³-hybridized carbons (Fsp3) is 1.00. The van der Waals surface area contributed by atoms with Crippen LogP contribution < -0.4 is 0 Å². The summed E-state index contributed by atoms with van der Waals surface area (Å²) < 4.78 is 6.28. The van der Waals surface area contributed by atoms with Crippen LogP contribution in [0.15, 0.2) is 0 Å². The quantitative estimate of drug-likeness (QED) is 0.702. The molecule has 0 radical (unpaired) electrons. The molecular weight excluding hydrogens is 246 g/mol. The van der Waals surface area contributed by atoms with Gasteiger partial charge in [0.15, 0.2) is 0 Å². The van der Waals surface area contributed by atoms with E-state index in [0.29, 0.717) is 13.2 Å². The van der Waals surface area contributed by atoms with Crippen molar-refractivity contribution in [1.29, 1.82) is 0 Å². The van der Waals surface area contributed by atoms with Gasteiger partial charge in [-0.05, 0) is 13.8 Å². The van der Waals surface area contributed by atoms with Gasteiger partial charge in [0.1, 0.15) is 0 Å². The molecule has 0 aliphatic heterocycles. The highest BCUT2D eigenvalue weighted by Crippen LogP contribution is 2.44. The van der Waals surface area contributed by atoms with Crippen LogP contribution in [-0.2, 0) is 9.47 Å². The second kappa shape index (κ2) is 5.08. The van der Waals surface area contributed by atoms with E-state index < -0.39 is 9.04 Å². The Morgan fingerprint density at radius 3 is 1.25 bits per heavy atom. The fourth-order valence-electron chi connectivity index (χ4n) is 0.531. The minimum atomic E-state index is -1.75. The second-order valence-electron chi connectivity index (χ2n) is 1.90. The molecule has 0 saturated heterocycles. The Hall–Kier alpha value is 1.08. The molecule has 0 unspecified atom stereocenters. The van der Waals surface area contributed by atoms with Gasteiger partial charge in [-0.2, -0.15) is 0 Å². The van der Waals surface area contributed by atoms with Gasteiger partial charge in [0.05, 0.1) is 0 Å². The third-order valence-electron chi connectivity index (χ3n) is 0.990. The number of alkyl halides is 4. The highest BCUT2D eigenvalue weighted by atomic mass is 35.5. The van der Waals surface area contributed by atoms with E-state index in [0.717, 1.165) is 0 Å². The first-order valence-electron chi connectivity index (χ1n) is 3.41. The summed E-state index contributed by atoms with van der Waals surface area (Å²) in [7, 11) is 0. The Balaban J connectivity index is 4.28. The lowest BCUT2D eigenvalue weighted by atomic mass is 10.7. The van der Waals surface area contributed by atoms with Crippen LogP contribution >= 0.6 is 46.4 Å². The summed E-state index contributed by atoms with van der Waals surface area (Å²) >= 11 is 22.6. The minimum absolute atomic E-state index is 0.293. The van der Waals surface area contributed by atoms with E-state index in [1.165, 1.54) is 0 Å². The molecule has 0 aromatic heterocycles. The van der Waals surface area contributed by atoms with Crippen LogP contribution in [0.2, 0.25) is 0 Å². The molecule has 0 fully saturated rings. The van der Waals surface area contributed by atoms with Crippen LogP contribution in [-0.4, -0.2) is 22.3 Å². The van der Waals surface area contributed by atoms with Crippen LogP contribution in [0.25, 0.3) is 0 Å². The van der Waals surface area contributed by atoms with Crippen molar-refractivity contribution in [3.05, 3.63) is 0 Å². The van der Waals surface area contributed by atoms with Crippen LogP contribution in [0.4, 0.5) is 0 Å². The van der Waals surface area contributed by atoms with Crippen molar-refractivity contribution in [2.45, 2.75) is 22.9 Å². The molecule has 0 aromatic carbocycles. The molecule has 0 N–H and O–H groups in total. The standard InChI is InChI=1S/C6H10Cl4O2/c1-3-11-5(7,8)6(9,10)12-4-2/h3-4H2,1-2H3. The Morgan fingerprint density at radius 1 is 0.833 bits per heavy atom. The third-order valence-corrected chi connectivity index (χ3v) is 2.88. The van der Waals surface area contributed by atoms with Gasteiger partial charge in [-0.15, -0.1) is 0 Å². The van der Waals surface area contributed by atoms with E-state index in [4.69, 9.17) is 55.9 Å². The van der Waals surface area contributed by atoms with Crippen molar-refractivity contribution in [2.75, 3.05) is 13.2 Å². The summed E-state index contributed by atoms with van der Waals surface area (Å²) in [4.78, 5) is 0. The monoisotopic (exact) mass is 254 g/mol. The van der Waals surface area contributed by atoms with Crippen molar-refractivity contribution in [3.8, 4) is 0 Å². The molecule has 0 aliphatic carbocycles. The molecule has 0 atom stereocenters. The van der Waals surface area contributed by atoms with Gasteiger partial charge in [0.25, 0.3) is 9.04 Å². The molecule has 0 spiro atoms. The van der Waals surface area contributed by atoms with Gasteiger partial charge >= 0.3 is 0 Å². The van der Waals surface area contributed by atoms with Crippen LogP contribution in [0, 0.1) is 0 Å². The molecule has 0 saturated carbocycles. The molecule has 0 bridgehead atoms. The maximum Gasteiger partial charge on any atom is 0.277 e. The van der Waals surface area contributed by atoms with E-state index in [1.807, 2.05) is 0 Å². The Bertz CT molecular complexity index is 122. The highest BCUT2D eigenvalue weighted by molar-refractivity contribution is 6.60. The molecule has 0 rings (SSSR count). The first kappa shape index (κ1) is 13.1. The van der Waals surface area contributed by atoms with Crippen LogP contribution in [0.3, 0.4) is 0 Å². The lowest BCUT2D eigenvalue weighted by Crippen LogP contribution is -2.41. The highest BCUT2D eigenvalue weighted by Gasteiger charge is 2.49. The summed E-state index contributed by atoms with van der Waals surface area (Å²) in [6.45, 7) is 4.02. The largest absolute Gasteiger partial charge is 0.343 e. The van der Waals surface area contributed by atoms with Crippen molar-refractivity contribution in [1.82, 2.24) is 0 Å². The SMILES string of the molecule is CCOC(Cl)(Cl)C(Cl)(Cl)OCC. The summed E-state index contributed by atoms with van der Waals surface area (Å²) in [5.41, 5.74) is 0. The topological polar surface area (TPSA) is 18.5 Å². The third kappa shape index (κ3) is 3.44. The van der Waals surface area contributed by atoms with Crippen molar-refractivity contribution >= 4 is 46.4 Å². The number of hydrogen-bond acceptors (Lipinski definition) is 2. The normalized spacial score (nSPS) is 13.5. The van der Waals surface area contributed by atoms with Gasteiger partial charge in [-0.3, -0.25) is 0 Å². The predicted octanol–water partition coefficient (Wildman–Crippen LogP) is 3.32. The van der Waals surface area contributed by atoms with E-state index >= 15 is 0 Å². The average Bonchev–Trinajstić information content (AvgIpc) is 1.86. The Morgan fingerprint density at radius 2 is 1.08 bits per heavy atom. The fourth-order valence-corrected chi connectivity index (χ4v) is 1.19. The smallest absolute Gasteiger partial charge is 0.277 e. The molecule has 74 valence electrons. The maximum atomic E-state index is 5.66. The van der Waals surface area contributed by atoms with Crippen molar-refractivity contribution in [3.63, 3.8) is 0 Å². The van der Waals surface area contributed by atoms with Gasteiger partial charge in [-0.25, -0.2) is 0 Å². The number of rotatable bonds is 5. The van der Waals surface area contributed by atoms with Gasteiger partial charge < -0.3 is 9.47 Å². The second-order valence-corrected chi connectivity index (χ2v) is 4.42. The number of hydrogen-bond donors (Lipinski definition) is 0. The van der Waals surface area contributed by atoms with Gasteiger partial charge in [0.2, 0.25) is 0 Å². The summed E-state index contributed by atoms with van der Waals surface area (Å²) in [6.07, 6.45) is 0. The summed E-state index contributed by atoms with van der Waals surface area (Å²) in [5, 5.41) is 0. The van der Waals surface area contributed by atoms with Crippen molar-refractivity contribution in [2.24, 2.45) is 0 Å². The average molecular weight is 256 g/mol. The van der Waals surface area contributed by atoms with E-state index in [1.54, 1.807) is 13.8 Å². The zero-order valence-electron chi connectivity index (χ0n) is 6.74. The summed E-state index contributed by atoms with van der Waals surface area (Å²) in [6, 6.07) is 0. The molecule has 6 heteroatoms. The zero-order chi connectivity index (χ0) is 9.83. The van der Waals surface area contributed by atoms with Crippen LogP contribution in [0.5, 0.6) is 0 Å². The van der Waals surface area contributed by atoms with E-state index in [-0.39, 0.29) is 0 Å². The number of ether oxygens (including phenoxy) is 2. The molecular formula is C6H10Cl4O2. The van der Waals surface area contributed by atoms with Crippen LogP contribution in [0.1, 0.15) is 13.8 Å². The van der Waals surface area contributed by atoms with Crippen molar-refractivity contribution < 1.29 is 9.47 Å². The molecule has 0 aliphatic rings. The zero-order valence-corrected chi connectivity index (χ0v) is 9.77. The summed E-state index contributed by atoms with van der Waals surface area (Å²) in [5.74, 6) is 0. The maximum absolute atomic E-state index is 5.66. The van der Waals surface area contributed by atoms with E-state index in [2.05, 4.69) is 0 Å². The lowest BCUT2D eigenvalue weighted by Gasteiger charge is -2.31. The number of halogens is 4. The van der Waals surface area contributed by atoms with E-state index in [9.17, 15) is 0 Å². The molecule has 2 nitrogen and oxygen atoms in total. The molecule has 0 heterocycles.